The van der Waals surface area contributed by atoms with Crippen molar-refractivity contribution in [1.82, 2.24) is 20.0 Å². The minimum atomic E-state index is -1.60. The number of nitrogens with zero attached hydrogens (tertiary/aromatic N) is 6. The zero-order valence-electron chi connectivity index (χ0n) is 37.6. The minimum absolute atomic E-state index is 0. The molecule has 68 heavy (non-hydrogen) atoms. The van der Waals surface area contributed by atoms with Crippen LogP contribution in [0.15, 0.2) is 46.9 Å². The predicted octanol–water partition coefficient (Wildman–Crippen LogP) is -1.11. The van der Waals surface area contributed by atoms with Crippen LogP contribution in [-0.4, -0.2) is 197 Å². The fraction of sp³-hybridized carbons (Fsp3) is 0.738. The van der Waals surface area contributed by atoms with Gasteiger partial charge in [-0.15, -0.1) is 5.10 Å². The average Bonchev–Trinajstić information content (AvgIpc) is 3.95. The molecule has 13 unspecified atom stereocenters. The van der Waals surface area contributed by atoms with Crippen LogP contribution in [-0.2, 0) is 100 Å². The van der Waals surface area contributed by atoms with Crippen LogP contribution in [0, 0.1) is 10.8 Å². The van der Waals surface area contributed by atoms with Crippen LogP contribution in [0.25, 0.3) is 0 Å². The molecule has 4 heterocycles. The molecule has 1 aromatic carbocycles. The van der Waals surface area contributed by atoms with Crippen molar-refractivity contribution in [1.29, 1.82) is 0 Å². The van der Waals surface area contributed by atoms with Gasteiger partial charge >= 0.3 is 17.9 Å². The van der Waals surface area contributed by atoms with Crippen LogP contribution in [0.5, 0.6) is 0 Å². The van der Waals surface area contributed by atoms with E-state index in [9.17, 15) is 55.2 Å². The molecule has 26 heteroatoms. The number of aliphatic hydroxyl groups excluding tert-OH is 8. The molecule has 0 saturated carbocycles. The summed E-state index contributed by atoms with van der Waals surface area (Å²) < 4.78 is 38.7. The van der Waals surface area contributed by atoms with Gasteiger partial charge in [0, 0.05) is 32.7 Å². The second-order valence-electron chi connectivity index (χ2n) is 17.6. The topological polar surface area (TPSA) is 336 Å². The molecule has 381 valence electrons. The first-order valence-electron chi connectivity index (χ1n) is 21.3. The third kappa shape index (κ3) is 15.9. The van der Waals surface area contributed by atoms with Crippen LogP contribution in [0.1, 0.15) is 59.2 Å². The number of aromatic nitrogens is 3. The number of ether oxygens (including phenoxy) is 7. The molecule has 1 aromatic heterocycles. The van der Waals surface area contributed by atoms with E-state index in [0.717, 1.165) is 5.56 Å². The maximum absolute atomic E-state index is 14.2. The SMILES string of the molecule is C.CC(C)(CC(C)(CC(C)(Br)C(=O)OCC1CN(CCOC2OC(CO)C(O)C(O)C2O)N=N1)C(=O)OCc1cn(CCOC2OC(CO)C(O)C(O)C2O)nn1)C(=O)OCc1ccccc1.[Y]. The maximum Gasteiger partial charge on any atom is 0.322 e. The first-order valence-corrected chi connectivity index (χ1v) is 22.1. The second-order valence-corrected chi connectivity index (χ2v) is 19.4. The van der Waals surface area contributed by atoms with Gasteiger partial charge in [-0.2, -0.15) is 5.11 Å². The van der Waals surface area contributed by atoms with Crippen molar-refractivity contribution < 1.29 is 121 Å². The number of hydrogen-bond acceptors (Lipinski definition) is 23. The van der Waals surface area contributed by atoms with Crippen molar-refractivity contribution in [2.45, 2.75) is 139 Å². The van der Waals surface area contributed by atoms with Gasteiger partial charge in [0.2, 0.25) is 0 Å². The molecule has 2 saturated heterocycles. The van der Waals surface area contributed by atoms with Gasteiger partial charge in [-0.3, -0.25) is 19.4 Å². The zero-order chi connectivity index (χ0) is 48.4. The molecule has 3 aliphatic rings. The number of hydrogen-bond donors (Lipinski definition) is 8. The fourth-order valence-electron chi connectivity index (χ4n) is 7.76. The fourth-order valence-corrected chi connectivity index (χ4v) is 8.49. The van der Waals surface area contributed by atoms with E-state index in [4.69, 9.17) is 33.2 Å². The Morgan fingerprint density at radius 2 is 1.31 bits per heavy atom. The number of alkyl halides is 1. The molecular weight excluding hydrogens is 1050 g/mol. The Kier molecular flexibility index (Phi) is 23.3. The Bertz CT molecular complexity index is 1920. The third-order valence-corrected chi connectivity index (χ3v) is 11.9. The van der Waals surface area contributed by atoms with Crippen molar-refractivity contribution >= 4 is 33.8 Å². The van der Waals surface area contributed by atoms with E-state index >= 15 is 0 Å². The number of carbonyl (C=O) groups is 3. The van der Waals surface area contributed by atoms with E-state index < -0.39 is 114 Å². The van der Waals surface area contributed by atoms with Gasteiger partial charge in [-0.25, -0.2) is 4.68 Å². The number of benzene rings is 1. The molecule has 8 N–H and O–H groups in total. The summed E-state index contributed by atoms with van der Waals surface area (Å²) in [5.41, 5.74) is -1.78. The quantitative estimate of drug-likeness (QED) is 0.0372. The molecule has 24 nitrogen and oxygen atoms in total. The molecule has 0 amide bonds. The maximum atomic E-state index is 14.2. The van der Waals surface area contributed by atoms with Gasteiger partial charge in [0.15, 0.2) is 12.6 Å². The Hall–Kier alpha value is -2.73. The minimum Gasteiger partial charge on any atom is -0.462 e. The van der Waals surface area contributed by atoms with E-state index in [-0.39, 0.29) is 111 Å². The van der Waals surface area contributed by atoms with Crippen molar-refractivity contribution in [2.75, 3.05) is 46.1 Å². The van der Waals surface area contributed by atoms with E-state index in [0.29, 0.717) is 0 Å². The molecule has 5 rings (SSSR count). The molecule has 1 radical (unpaired) electrons. The van der Waals surface area contributed by atoms with Crippen LogP contribution < -0.4 is 0 Å². The van der Waals surface area contributed by atoms with Crippen LogP contribution >= 0.6 is 15.9 Å². The number of halogens is 1. The Balaban J connectivity index is 0.00000612. The average molecular weight is 1110 g/mol. The summed E-state index contributed by atoms with van der Waals surface area (Å²) in [6.07, 6.45) is -13.2. The van der Waals surface area contributed by atoms with Crippen LogP contribution in [0.4, 0.5) is 0 Å². The molecule has 2 aromatic rings. The molecule has 0 bridgehead atoms. The van der Waals surface area contributed by atoms with Crippen LogP contribution in [0.2, 0.25) is 0 Å². The molecule has 2 fully saturated rings. The number of aliphatic hydroxyl groups is 8. The molecule has 0 spiro atoms. The van der Waals surface area contributed by atoms with Gasteiger partial charge in [-0.05, 0) is 46.1 Å². The monoisotopic (exact) mass is 1110 g/mol. The second kappa shape index (κ2) is 26.6. The normalized spacial score (nSPS) is 28.9. The van der Waals surface area contributed by atoms with Crippen molar-refractivity contribution in [3.8, 4) is 0 Å². The summed E-state index contributed by atoms with van der Waals surface area (Å²) >= 11 is 3.48. The zero-order valence-corrected chi connectivity index (χ0v) is 42.0. The van der Waals surface area contributed by atoms with Gasteiger partial charge < -0.3 is 74.0 Å². The number of esters is 3. The Morgan fingerprint density at radius 1 is 0.750 bits per heavy atom. The summed E-state index contributed by atoms with van der Waals surface area (Å²) in [5.74, 6) is -2.09. The van der Waals surface area contributed by atoms with E-state index in [1.807, 2.05) is 18.2 Å². The van der Waals surface area contributed by atoms with Gasteiger partial charge in [0.25, 0.3) is 0 Å². The third-order valence-electron chi connectivity index (χ3n) is 11.3. The predicted molar refractivity (Wildman–Crippen MR) is 232 cm³/mol. The van der Waals surface area contributed by atoms with Crippen molar-refractivity contribution in [3.63, 3.8) is 0 Å². The van der Waals surface area contributed by atoms with Crippen molar-refractivity contribution in [2.24, 2.45) is 21.2 Å². The number of rotatable bonds is 23. The molecular formula is C42H65BrN6O18Y. The Labute approximate surface area is 427 Å². The first-order chi connectivity index (χ1) is 31.2. The van der Waals surface area contributed by atoms with Crippen molar-refractivity contribution in [3.05, 3.63) is 47.8 Å². The summed E-state index contributed by atoms with van der Waals surface area (Å²) in [5, 5.41) is 97.1. The van der Waals surface area contributed by atoms with E-state index in [1.165, 1.54) is 22.8 Å². The summed E-state index contributed by atoms with van der Waals surface area (Å²) in [4.78, 5) is 41.4. The van der Waals surface area contributed by atoms with Gasteiger partial charge in [0.05, 0.1) is 63.1 Å². The van der Waals surface area contributed by atoms with E-state index in [1.54, 1.807) is 32.9 Å². The largest absolute Gasteiger partial charge is 0.462 e. The van der Waals surface area contributed by atoms with Crippen LogP contribution in [0.3, 0.4) is 0 Å². The smallest absolute Gasteiger partial charge is 0.322 e. The molecule has 3 aliphatic heterocycles. The Morgan fingerprint density at radius 3 is 1.88 bits per heavy atom. The molecule has 13 atom stereocenters. The summed E-state index contributed by atoms with van der Waals surface area (Å²) in [6, 6.07) is 8.49. The standard InChI is InChI=1S/C41H61BrN6O18.CH4.Y/c1-39(2,36(57)62-18-23-8-6-5-7-9-23)21-40(3,37(58)63-19-24-14-47(45-43-24)10-12-60-34-32(55)30(53)28(51)26(16-49)65-34)22-41(4,42)38(59)64-20-25-15-48(46-44-25)11-13-61-35-33(56)31(54)29(52)27(17-50)66-35;;/h5-9,14,25-35,49-56H,10-13,15-22H2,1-4H3;1H4;. The first kappa shape index (κ1) is 59.6. The summed E-state index contributed by atoms with van der Waals surface area (Å²) in [6.45, 7) is 4.93. The molecule has 0 aliphatic carbocycles. The summed E-state index contributed by atoms with van der Waals surface area (Å²) in [7, 11) is 0. The van der Waals surface area contributed by atoms with Gasteiger partial charge in [0.1, 0.15) is 84.7 Å². The van der Waals surface area contributed by atoms with Gasteiger partial charge in [-0.1, -0.05) is 64.1 Å². The van der Waals surface area contributed by atoms with E-state index in [2.05, 4.69) is 36.6 Å². The number of carbonyl (C=O) groups excluding carboxylic acids is 3.